The second-order valence-corrected chi connectivity index (χ2v) is 2.66. The van der Waals surface area contributed by atoms with Crippen molar-refractivity contribution in [3.8, 4) is 0 Å². The fourth-order valence-corrected chi connectivity index (χ4v) is 1.13. The van der Waals surface area contributed by atoms with Gasteiger partial charge in [-0.3, -0.25) is 4.79 Å². The Balaban J connectivity index is 2.66. The molecule has 1 amide bonds. The molecule has 6 nitrogen and oxygen atoms in total. The second-order valence-electron chi connectivity index (χ2n) is 2.66. The van der Waals surface area contributed by atoms with Crippen molar-refractivity contribution in [2.24, 2.45) is 5.73 Å². The van der Waals surface area contributed by atoms with Crippen LogP contribution in [0.3, 0.4) is 0 Å². The Labute approximate surface area is 68.6 Å². The fraction of sp³-hybridized carbons (Fsp3) is 0.833. The van der Waals surface area contributed by atoms with Crippen molar-refractivity contribution in [1.82, 2.24) is 0 Å². The maximum Gasteiger partial charge on any atom is 0.249 e. The maximum absolute atomic E-state index is 10.6. The van der Waals surface area contributed by atoms with Crippen molar-refractivity contribution < 1.29 is 24.9 Å². The Bertz CT molecular complexity index is 185. The lowest BCUT2D eigenvalue weighted by molar-refractivity contribution is -0.133. The van der Waals surface area contributed by atoms with E-state index in [4.69, 9.17) is 25.8 Å². The van der Waals surface area contributed by atoms with E-state index < -0.39 is 36.9 Å². The highest BCUT2D eigenvalue weighted by Crippen LogP contribution is 2.20. The van der Waals surface area contributed by atoms with Crippen LogP contribution in [-0.4, -0.2) is 52.2 Å². The number of aliphatic hydroxyl groups excluding tert-OH is 3. The van der Waals surface area contributed by atoms with Gasteiger partial charge in [0.1, 0.15) is 18.3 Å². The molecule has 1 aliphatic heterocycles. The van der Waals surface area contributed by atoms with Gasteiger partial charge in [0.2, 0.25) is 5.91 Å². The molecule has 0 aliphatic carbocycles. The maximum atomic E-state index is 10.6. The number of hydrogen-bond donors (Lipinski definition) is 4. The molecule has 1 aliphatic rings. The molecule has 5 N–H and O–H groups in total. The molecular weight excluding hydrogens is 166 g/mol. The van der Waals surface area contributed by atoms with Gasteiger partial charge in [0.05, 0.1) is 6.61 Å². The minimum atomic E-state index is -1.35. The van der Waals surface area contributed by atoms with Gasteiger partial charge in [0.15, 0.2) is 6.10 Å². The average molecular weight is 177 g/mol. The van der Waals surface area contributed by atoms with Gasteiger partial charge < -0.3 is 25.8 Å². The Hall–Kier alpha value is -0.690. The lowest BCUT2D eigenvalue weighted by Crippen LogP contribution is -2.39. The van der Waals surface area contributed by atoms with Crippen LogP contribution in [0, 0.1) is 0 Å². The first-order chi connectivity index (χ1) is 5.57. The summed E-state index contributed by atoms with van der Waals surface area (Å²) in [5.74, 6) is -0.850. The van der Waals surface area contributed by atoms with E-state index in [1.807, 2.05) is 0 Å². The van der Waals surface area contributed by atoms with E-state index in [1.54, 1.807) is 0 Å². The second kappa shape index (κ2) is 3.36. The van der Waals surface area contributed by atoms with Gasteiger partial charge in [-0.05, 0) is 0 Å². The number of hydrogen-bond acceptors (Lipinski definition) is 5. The summed E-state index contributed by atoms with van der Waals surface area (Å²) in [7, 11) is 0. The zero-order valence-electron chi connectivity index (χ0n) is 6.25. The topological polar surface area (TPSA) is 113 Å². The number of primary amides is 1. The highest BCUT2D eigenvalue weighted by molar-refractivity contribution is 5.80. The molecule has 0 aromatic carbocycles. The molecular formula is C6H11NO5. The molecule has 1 saturated heterocycles. The monoisotopic (exact) mass is 177 g/mol. The van der Waals surface area contributed by atoms with Crippen molar-refractivity contribution in [3.63, 3.8) is 0 Å². The van der Waals surface area contributed by atoms with Crippen molar-refractivity contribution in [1.29, 1.82) is 0 Å². The zero-order valence-corrected chi connectivity index (χ0v) is 6.25. The third kappa shape index (κ3) is 1.42. The fourth-order valence-electron chi connectivity index (χ4n) is 1.13. The van der Waals surface area contributed by atoms with Crippen LogP contribution in [0.2, 0.25) is 0 Å². The molecule has 70 valence electrons. The highest BCUT2D eigenvalue weighted by Gasteiger charge is 2.44. The highest BCUT2D eigenvalue weighted by atomic mass is 16.6. The minimum Gasteiger partial charge on any atom is -0.394 e. The molecule has 1 heterocycles. The molecule has 0 saturated carbocycles. The lowest BCUT2D eigenvalue weighted by atomic mass is 10.1. The number of aliphatic hydroxyl groups is 3. The SMILES string of the molecule is NC(=O)[C@@H]1O[C@H](CO)[C@H](O)[C@@H]1O. The molecule has 6 heteroatoms. The quantitative estimate of drug-likeness (QED) is 0.358. The number of amides is 1. The van der Waals surface area contributed by atoms with Gasteiger partial charge in [0, 0.05) is 0 Å². The summed E-state index contributed by atoms with van der Waals surface area (Å²) in [6.45, 7) is -0.456. The molecule has 1 fully saturated rings. The Morgan fingerprint density at radius 3 is 2.25 bits per heavy atom. The standard InChI is InChI=1S/C6H11NO5/c7-6(11)5-4(10)3(9)2(1-8)12-5/h2-5,8-10H,1H2,(H2,7,11)/t2-,3+,4+,5-/m1/s1. The molecule has 1 rings (SSSR count). The van der Waals surface area contributed by atoms with Gasteiger partial charge in [-0.25, -0.2) is 0 Å². The molecule has 0 aromatic heterocycles. The van der Waals surface area contributed by atoms with Crippen molar-refractivity contribution in [2.45, 2.75) is 24.4 Å². The summed E-state index contributed by atoms with van der Waals surface area (Å²) in [5, 5.41) is 26.9. The molecule has 0 bridgehead atoms. The Morgan fingerprint density at radius 1 is 1.42 bits per heavy atom. The molecule has 12 heavy (non-hydrogen) atoms. The van der Waals surface area contributed by atoms with E-state index in [2.05, 4.69) is 0 Å². The van der Waals surface area contributed by atoms with E-state index in [9.17, 15) is 4.79 Å². The van der Waals surface area contributed by atoms with Gasteiger partial charge >= 0.3 is 0 Å². The zero-order chi connectivity index (χ0) is 9.30. The van der Waals surface area contributed by atoms with Crippen LogP contribution >= 0.6 is 0 Å². The van der Waals surface area contributed by atoms with E-state index >= 15 is 0 Å². The largest absolute Gasteiger partial charge is 0.394 e. The molecule has 0 spiro atoms. The van der Waals surface area contributed by atoms with Crippen LogP contribution in [-0.2, 0) is 9.53 Å². The number of carbonyl (C=O) groups excluding carboxylic acids is 1. The smallest absolute Gasteiger partial charge is 0.249 e. The predicted molar refractivity (Wildman–Crippen MR) is 37.0 cm³/mol. The minimum absolute atomic E-state index is 0.456. The normalized spacial score (nSPS) is 41.6. The summed E-state index contributed by atoms with van der Waals surface area (Å²) < 4.78 is 4.77. The van der Waals surface area contributed by atoms with Crippen LogP contribution in [0.4, 0.5) is 0 Å². The Morgan fingerprint density at radius 2 is 2.00 bits per heavy atom. The first-order valence-corrected chi connectivity index (χ1v) is 3.49. The van der Waals surface area contributed by atoms with Gasteiger partial charge in [-0.1, -0.05) is 0 Å². The number of rotatable bonds is 2. The van der Waals surface area contributed by atoms with Gasteiger partial charge in [-0.15, -0.1) is 0 Å². The number of nitrogens with two attached hydrogens (primary N) is 1. The first kappa shape index (κ1) is 9.40. The lowest BCUT2D eigenvalue weighted by Gasteiger charge is -2.10. The summed E-state index contributed by atoms with van der Waals surface area (Å²) in [4.78, 5) is 10.6. The van der Waals surface area contributed by atoms with E-state index in [-0.39, 0.29) is 0 Å². The van der Waals surface area contributed by atoms with E-state index in [0.29, 0.717) is 0 Å². The number of ether oxygens (including phenoxy) is 1. The Kier molecular flexibility index (Phi) is 2.63. The van der Waals surface area contributed by atoms with Crippen molar-refractivity contribution >= 4 is 5.91 Å². The van der Waals surface area contributed by atoms with Gasteiger partial charge in [0.25, 0.3) is 0 Å². The predicted octanol–water partition coefficient (Wildman–Crippen LogP) is -3.05. The summed E-state index contributed by atoms with van der Waals surface area (Å²) >= 11 is 0. The first-order valence-electron chi connectivity index (χ1n) is 3.49. The average Bonchev–Trinajstić information content (AvgIpc) is 2.30. The molecule has 0 unspecified atom stereocenters. The summed E-state index contributed by atoms with van der Waals surface area (Å²) in [6, 6.07) is 0. The molecule has 0 radical (unpaired) electrons. The van der Waals surface area contributed by atoms with Crippen LogP contribution in [0.15, 0.2) is 0 Å². The van der Waals surface area contributed by atoms with Gasteiger partial charge in [-0.2, -0.15) is 0 Å². The molecule has 0 aromatic rings. The van der Waals surface area contributed by atoms with E-state index in [1.165, 1.54) is 0 Å². The van der Waals surface area contributed by atoms with Crippen LogP contribution < -0.4 is 5.73 Å². The summed E-state index contributed by atoms with van der Waals surface area (Å²) in [6.07, 6.45) is -4.76. The number of carbonyl (C=O) groups is 1. The molecule has 4 atom stereocenters. The van der Waals surface area contributed by atoms with Crippen molar-refractivity contribution in [2.75, 3.05) is 6.61 Å². The van der Waals surface area contributed by atoms with Crippen LogP contribution in [0.1, 0.15) is 0 Å². The third-order valence-electron chi connectivity index (χ3n) is 1.82. The van der Waals surface area contributed by atoms with E-state index in [0.717, 1.165) is 0 Å². The van der Waals surface area contributed by atoms with Crippen LogP contribution in [0.25, 0.3) is 0 Å². The van der Waals surface area contributed by atoms with Crippen LogP contribution in [0.5, 0.6) is 0 Å². The summed E-state index contributed by atoms with van der Waals surface area (Å²) in [5.41, 5.74) is 4.85. The third-order valence-corrected chi connectivity index (χ3v) is 1.82. The van der Waals surface area contributed by atoms with Crippen molar-refractivity contribution in [3.05, 3.63) is 0 Å².